The number of nitrogens with zero attached hydrogens (tertiary/aromatic N) is 1. The standard InChI is InChI=1S/C8H12N2O2S/c1-5-6(4-12-2)9-8(13-3)10-7(5)11/h4H2,1-3H3,(H,9,10,11). The molecule has 72 valence electrons. The molecule has 0 radical (unpaired) electrons. The van der Waals surface area contributed by atoms with Crippen molar-refractivity contribution in [2.45, 2.75) is 18.7 Å². The molecule has 0 aliphatic heterocycles. The predicted octanol–water partition coefficient (Wildman–Crippen LogP) is 0.947. The van der Waals surface area contributed by atoms with Crippen LogP contribution in [0.1, 0.15) is 11.3 Å². The molecular formula is C8H12N2O2S. The largest absolute Gasteiger partial charge is 0.378 e. The SMILES string of the molecule is COCc1nc(SC)[nH]c(=O)c1C. The molecular weight excluding hydrogens is 188 g/mol. The number of aromatic amines is 1. The van der Waals surface area contributed by atoms with Gasteiger partial charge in [-0.3, -0.25) is 4.79 Å². The fraction of sp³-hybridized carbons (Fsp3) is 0.500. The Kier molecular flexibility index (Phi) is 3.50. The van der Waals surface area contributed by atoms with Gasteiger partial charge in [0.25, 0.3) is 5.56 Å². The van der Waals surface area contributed by atoms with Crippen LogP contribution in [-0.2, 0) is 11.3 Å². The number of ether oxygens (including phenoxy) is 1. The second-order valence-corrected chi connectivity index (χ2v) is 3.37. The minimum Gasteiger partial charge on any atom is -0.378 e. The third-order valence-electron chi connectivity index (χ3n) is 1.70. The number of methoxy groups -OCH3 is 1. The molecule has 0 spiro atoms. The highest BCUT2D eigenvalue weighted by atomic mass is 32.2. The van der Waals surface area contributed by atoms with Crippen LogP contribution >= 0.6 is 11.8 Å². The van der Waals surface area contributed by atoms with Crippen molar-refractivity contribution in [2.75, 3.05) is 13.4 Å². The summed E-state index contributed by atoms with van der Waals surface area (Å²) in [6.07, 6.45) is 1.87. The van der Waals surface area contributed by atoms with Crippen LogP contribution in [0, 0.1) is 6.92 Å². The second-order valence-electron chi connectivity index (χ2n) is 2.58. The molecule has 1 N–H and O–H groups in total. The average molecular weight is 200 g/mol. The van der Waals surface area contributed by atoms with Crippen LogP contribution in [0.15, 0.2) is 9.95 Å². The van der Waals surface area contributed by atoms with Crippen LogP contribution < -0.4 is 5.56 Å². The van der Waals surface area contributed by atoms with Crippen LogP contribution in [0.4, 0.5) is 0 Å². The summed E-state index contributed by atoms with van der Waals surface area (Å²) in [6.45, 7) is 2.12. The Labute approximate surface area is 80.7 Å². The van der Waals surface area contributed by atoms with Gasteiger partial charge in [-0.15, -0.1) is 0 Å². The van der Waals surface area contributed by atoms with E-state index >= 15 is 0 Å². The number of thioether (sulfide) groups is 1. The second kappa shape index (κ2) is 4.43. The van der Waals surface area contributed by atoms with Gasteiger partial charge < -0.3 is 9.72 Å². The molecule has 0 aliphatic carbocycles. The summed E-state index contributed by atoms with van der Waals surface area (Å²) < 4.78 is 4.94. The monoisotopic (exact) mass is 200 g/mol. The van der Waals surface area contributed by atoms with Gasteiger partial charge in [0.15, 0.2) is 5.16 Å². The van der Waals surface area contributed by atoms with E-state index in [1.807, 2.05) is 6.26 Å². The Morgan fingerprint density at radius 3 is 2.85 bits per heavy atom. The molecule has 0 aromatic carbocycles. The molecule has 0 saturated heterocycles. The van der Waals surface area contributed by atoms with Crippen molar-refractivity contribution in [3.63, 3.8) is 0 Å². The number of hydrogen-bond donors (Lipinski definition) is 1. The van der Waals surface area contributed by atoms with Gasteiger partial charge in [-0.2, -0.15) is 0 Å². The topological polar surface area (TPSA) is 55.0 Å². The Bertz CT molecular complexity index is 348. The molecule has 0 fully saturated rings. The third-order valence-corrected chi connectivity index (χ3v) is 2.28. The van der Waals surface area contributed by atoms with Crippen LogP contribution in [-0.4, -0.2) is 23.3 Å². The smallest absolute Gasteiger partial charge is 0.254 e. The molecule has 0 unspecified atom stereocenters. The first-order valence-corrected chi connectivity index (χ1v) is 5.04. The molecule has 1 aromatic heterocycles. The molecule has 13 heavy (non-hydrogen) atoms. The van der Waals surface area contributed by atoms with Crippen LogP contribution in [0.25, 0.3) is 0 Å². The van der Waals surface area contributed by atoms with Gasteiger partial charge in [0.05, 0.1) is 12.3 Å². The van der Waals surface area contributed by atoms with E-state index in [9.17, 15) is 4.79 Å². The van der Waals surface area contributed by atoms with Gasteiger partial charge in [0, 0.05) is 12.7 Å². The van der Waals surface area contributed by atoms with E-state index in [1.165, 1.54) is 11.8 Å². The van der Waals surface area contributed by atoms with Crippen molar-refractivity contribution >= 4 is 11.8 Å². The van der Waals surface area contributed by atoms with Crippen molar-refractivity contribution < 1.29 is 4.74 Å². The lowest BCUT2D eigenvalue weighted by Crippen LogP contribution is -2.16. The van der Waals surface area contributed by atoms with Gasteiger partial charge >= 0.3 is 0 Å². The highest BCUT2D eigenvalue weighted by Gasteiger charge is 2.05. The zero-order chi connectivity index (χ0) is 9.84. The van der Waals surface area contributed by atoms with Gasteiger partial charge in [-0.1, -0.05) is 11.8 Å². The maximum Gasteiger partial charge on any atom is 0.254 e. The lowest BCUT2D eigenvalue weighted by molar-refractivity contribution is 0.180. The molecule has 0 bridgehead atoms. The molecule has 1 rings (SSSR count). The molecule has 0 saturated carbocycles. The minimum atomic E-state index is -0.0913. The van der Waals surface area contributed by atoms with Crippen LogP contribution in [0.5, 0.6) is 0 Å². The Morgan fingerprint density at radius 1 is 1.62 bits per heavy atom. The van der Waals surface area contributed by atoms with E-state index in [-0.39, 0.29) is 5.56 Å². The summed E-state index contributed by atoms with van der Waals surface area (Å²) in [5, 5.41) is 0.627. The zero-order valence-electron chi connectivity index (χ0n) is 7.88. The summed E-state index contributed by atoms with van der Waals surface area (Å²) in [6, 6.07) is 0. The van der Waals surface area contributed by atoms with E-state index in [1.54, 1.807) is 14.0 Å². The van der Waals surface area contributed by atoms with Crippen LogP contribution in [0.3, 0.4) is 0 Å². The van der Waals surface area contributed by atoms with Crippen molar-refractivity contribution in [2.24, 2.45) is 0 Å². The predicted molar refractivity (Wildman–Crippen MR) is 52.1 cm³/mol. The van der Waals surface area contributed by atoms with Gasteiger partial charge in [0.2, 0.25) is 0 Å². The third kappa shape index (κ3) is 2.32. The molecule has 0 atom stereocenters. The normalized spacial score (nSPS) is 10.4. The first-order chi connectivity index (χ1) is 6.19. The van der Waals surface area contributed by atoms with Crippen LogP contribution in [0.2, 0.25) is 0 Å². The Hall–Kier alpha value is -0.810. The maximum absolute atomic E-state index is 11.3. The maximum atomic E-state index is 11.3. The summed E-state index contributed by atoms with van der Waals surface area (Å²) in [5.41, 5.74) is 1.24. The molecule has 0 amide bonds. The van der Waals surface area contributed by atoms with Crippen molar-refractivity contribution in [3.8, 4) is 0 Å². The van der Waals surface area contributed by atoms with Gasteiger partial charge in [0.1, 0.15) is 0 Å². The van der Waals surface area contributed by atoms with E-state index in [0.29, 0.717) is 23.0 Å². The lowest BCUT2D eigenvalue weighted by Gasteiger charge is -2.04. The van der Waals surface area contributed by atoms with E-state index in [0.717, 1.165) is 0 Å². The zero-order valence-corrected chi connectivity index (χ0v) is 8.70. The quantitative estimate of drug-likeness (QED) is 0.583. The Balaban J connectivity index is 3.17. The number of aromatic nitrogens is 2. The lowest BCUT2D eigenvalue weighted by atomic mass is 10.2. The highest BCUT2D eigenvalue weighted by Crippen LogP contribution is 2.08. The number of rotatable bonds is 3. The van der Waals surface area contributed by atoms with Gasteiger partial charge in [-0.05, 0) is 13.2 Å². The summed E-state index contributed by atoms with van der Waals surface area (Å²) in [5.74, 6) is 0. The fourth-order valence-electron chi connectivity index (χ4n) is 0.930. The van der Waals surface area contributed by atoms with E-state index in [2.05, 4.69) is 9.97 Å². The van der Waals surface area contributed by atoms with Gasteiger partial charge in [-0.25, -0.2) is 4.98 Å². The van der Waals surface area contributed by atoms with Crippen molar-refractivity contribution in [3.05, 3.63) is 21.6 Å². The first kappa shape index (κ1) is 10.3. The number of nitrogens with one attached hydrogen (secondary N) is 1. The van der Waals surface area contributed by atoms with E-state index in [4.69, 9.17) is 4.74 Å². The molecule has 1 heterocycles. The summed E-state index contributed by atoms with van der Waals surface area (Å²) in [7, 11) is 1.58. The Morgan fingerprint density at radius 2 is 2.31 bits per heavy atom. The minimum absolute atomic E-state index is 0.0913. The summed E-state index contributed by atoms with van der Waals surface area (Å²) >= 11 is 1.41. The molecule has 4 nitrogen and oxygen atoms in total. The average Bonchev–Trinajstić information content (AvgIpc) is 2.13. The fourth-order valence-corrected chi connectivity index (χ4v) is 1.33. The highest BCUT2D eigenvalue weighted by molar-refractivity contribution is 7.98. The molecule has 5 heteroatoms. The van der Waals surface area contributed by atoms with E-state index < -0.39 is 0 Å². The van der Waals surface area contributed by atoms with Crippen molar-refractivity contribution in [1.82, 2.24) is 9.97 Å². The summed E-state index contributed by atoms with van der Waals surface area (Å²) in [4.78, 5) is 18.2. The first-order valence-electron chi connectivity index (χ1n) is 3.81. The number of H-pyrrole nitrogens is 1. The molecule has 1 aromatic rings. The van der Waals surface area contributed by atoms with Crippen molar-refractivity contribution in [1.29, 1.82) is 0 Å². The number of hydrogen-bond acceptors (Lipinski definition) is 4. The molecule has 0 aliphatic rings.